The fourth-order valence-corrected chi connectivity index (χ4v) is 1.55. The van der Waals surface area contributed by atoms with Crippen LogP contribution in [0.1, 0.15) is 10.4 Å². The van der Waals surface area contributed by atoms with Crippen molar-refractivity contribution in [3.8, 4) is 11.6 Å². The molecule has 0 aliphatic carbocycles. The molecular formula is C11H7BrFN3O2. The normalized spacial score (nSPS) is 10.1. The Kier molecular flexibility index (Phi) is 3.52. The molecule has 0 bridgehead atoms. The molecule has 0 fully saturated rings. The van der Waals surface area contributed by atoms with E-state index in [2.05, 4.69) is 25.9 Å². The molecule has 1 aromatic heterocycles. The van der Waals surface area contributed by atoms with Crippen LogP contribution in [0, 0.1) is 5.82 Å². The van der Waals surface area contributed by atoms with Gasteiger partial charge in [0.15, 0.2) is 0 Å². The molecule has 0 saturated heterocycles. The van der Waals surface area contributed by atoms with Crippen LogP contribution in [0.2, 0.25) is 0 Å². The van der Waals surface area contributed by atoms with Crippen LogP contribution in [0.25, 0.3) is 0 Å². The number of carbonyl (C=O) groups excluding carboxylic acids is 1. The number of aromatic nitrogens is 2. The zero-order chi connectivity index (χ0) is 13.1. The van der Waals surface area contributed by atoms with E-state index in [1.165, 1.54) is 24.7 Å². The van der Waals surface area contributed by atoms with Crippen molar-refractivity contribution in [3.63, 3.8) is 0 Å². The first-order valence-corrected chi connectivity index (χ1v) is 5.60. The van der Waals surface area contributed by atoms with Gasteiger partial charge >= 0.3 is 0 Å². The molecule has 0 spiro atoms. The highest BCUT2D eigenvalue weighted by Crippen LogP contribution is 2.27. The second-order valence-corrected chi connectivity index (χ2v) is 4.14. The quantitative estimate of drug-likeness (QED) is 0.943. The first-order valence-electron chi connectivity index (χ1n) is 4.80. The molecule has 2 aromatic rings. The molecule has 0 aliphatic rings. The number of rotatable bonds is 3. The summed E-state index contributed by atoms with van der Waals surface area (Å²) in [5.74, 6) is -1.12. The van der Waals surface area contributed by atoms with Gasteiger partial charge in [-0.1, -0.05) is 0 Å². The molecule has 1 amide bonds. The van der Waals surface area contributed by atoms with Crippen molar-refractivity contribution < 1.29 is 13.9 Å². The van der Waals surface area contributed by atoms with Crippen molar-refractivity contribution in [2.75, 3.05) is 0 Å². The number of nitrogens with two attached hydrogens (primary N) is 1. The predicted molar refractivity (Wildman–Crippen MR) is 64.7 cm³/mol. The van der Waals surface area contributed by atoms with Crippen molar-refractivity contribution in [1.82, 2.24) is 9.97 Å². The van der Waals surface area contributed by atoms with E-state index in [1.807, 2.05) is 0 Å². The van der Waals surface area contributed by atoms with E-state index >= 15 is 0 Å². The number of ether oxygens (including phenoxy) is 1. The number of amides is 1. The minimum absolute atomic E-state index is 0.191. The third-order valence-corrected chi connectivity index (χ3v) is 2.60. The van der Waals surface area contributed by atoms with Crippen LogP contribution >= 0.6 is 15.9 Å². The molecule has 92 valence electrons. The minimum atomic E-state index is -0.831. The summed E-state index contributed by atoms with van der Waals surface area (Å²) >= 11 is 3.19. The van der Waals surface area contributed by atoms with E-state index in [-0.39, 0.29) is 17.2 Å². The van der Waals surface area contributed by atoms with Gasteiger partial charge in [-0.25, -0.2) is 14.4 Å². The largest absolute Gasteiger partial charge is 0.438 e. The lowest BCUT2D eigenvalue weighted by Crippen LogP contribution is -2.12. The van der Waals surface area contributed by atoms with E-state index in [1.54, 1.807) is 0 Å². The van der Waals surface area contributed by atoms with E-state index in [9.17, 15) is 9.18 Å². The number of hydrogen-bond donors (Lipinski definition) is 1. The maximum absolute atomic E-state index is 13.5. The molecule has 5 nitrogen and oxygen atoms in total. The number of nitrogens with zero attached hydrogens (tertiary/aromatic N) is 2. The van der Waals surface area contributed by atoms with Gasteiger partial charge < -0.3 is 10.5 Å². The van der Waals surface area contributed by atoms with Crippen molar-refractivity contribution in [3.05, 3.63) is 46.6 Å². The highest BCUT2D eigenvalue weighted by atomic mass is 79.9. The second-order valence-electron chi connectivity index (χ2n) is 3.28. The van der Waals surface area contributed by atoms with E-state index in [0.29, 0.717) is 4.47 Å². The topological polar surface area (TPSA) is 78.1 Å². The summed E-state index contributed by atoms with van der Waals surface area (Å²) in [6, 6.07) is 3.74. The fourth-order valence-electron chi connectivity index (χ4n) is 1.25. The first kappa shape index (κ1) is 12.4. The third-order valence-electron chi connectivity index (χ3n) is 2.05. The van der Waals surface area contributed by atoms with Crippen molar-refractivity contribution >= 4 is 21.8 Å². The molecule has 2 rings (SSSR count). The number of carbonyl (C=O) groups is 1. The molecule has 1 heterocycles. The van der Waals surface area contributed by atoms with Gasteiger partial charge in [0.05, 0.1) is 10.0 Å². The summed E-state index contributed by atoms with van der Waals surface area (Å²) in [6.45, 7) is 0. The van der Waals surface area contributed by atoms with Crippen LogP contribution in [0.5, 0.6) is 11.6 Å². The van der Waals surface area contributed by atoms with Gasteiger partial charge in [0.25, 0.3) is 5.91 Å². The third kappa shape index (κ3) is 2.62. The van der Waals surface area contributed by atoms with Crippen LogP contribution in [-0.4, -0.2) is 15.9 Å². The van der Waals surface area contributed by atoms with Gasteiger partial charge in [0, 0.05) is 12.3 Å². The predicted octanol–water partition coefficient (Wildman–Crippen LogP) is 2.27. The smallest absolute Gasteiger partial charge is 0.251 e. The number of hydrogen-bond acceptors (Lipinski definition) is 4. The maximum atomic E-state index is 13.5. The van der Waals surface area contributed by atoms with Crippen LogP contribution < -0.4 is 10.5 Å². The van der Waals surface area contributed by atoms with Crippen molar-refractivity contribution in [2.24, 2.45) is 5.73 Å². The number of primary amides is 1. The molecule has 18 heavy (non-hydrogen) atoms. The van der Waals surface area contributed by atoms with Gasteiger partial charge in [0.1, 0.15) is 17.9 Å². The lowest BCUT2D eigenvalue weighted by atomic mass is 10.2. The van der Waals surface area contributed by atoms with Gasteiger partial charge in [-0.05, 0) is 28.1 Å². The summed E-state index contributed by atoms with van der Waals surface area (Å²) in [5.41, 5.74) is 4.80. The van der Waals surface area contributed by atoms with Crippen LogP contribution in [0.4, 0.5) is 4.39 Å². The van der Waals surface area contributed by atoms with E-state index in [4.69, 9.17) is 10.5 Å². The van der Waals surface area contributed by atoms with Crippen LogP contribution in [0.15, 0.2) is 35.2 Å². The van der Waals surface area contributed by atoms with Crippen LogP contribution in [0.3, 0.4) is 0 Å². The van der Waals surface area contributed by atoms with Crippen molar-refractivity contribution in [2.45, 2.75) is 0 Å². The Morgan fingerprint density at radius 1 is 1.44 bits per heavy atom. The van der Waals surface area contributed by atoms with Gasteiger partial charge in [0.2, 0.25) is 5.88 Å². The highest BCUT2D eigenvalue weighted by Gasteiger charge is 2.10. The summed E-state index contributed by atoms with van der Waals surface area (Å²) < 4.78 is 19.3. The highest BCUT2D eigenvalue weighted by molar-refractivity contribution is 9.10. The average Bonchev–Trinajstić information content (AvgIpc) is 2.32. The van der Waals surface area contributed by atoms with Crippen LogP contribution in [-0.2, 0) is 0 Å². The lowest BCUT2D eigenvalue weighted by molar-refractivity contribution is 0.0996. The molecule has 0 aliphatic heterocycles. The standard InChI is InChI=1S/C11H7BrFN3O2/c12-8-4-15-5-16-11(8)18-6-1-2-7(10(14)17)9(13)3-6/h1-5H,(H2,14,17). The summed E-state index contributed by atoms with van der Waals surface area (Å²) in [6.07, 6.45) is 2.80. The summed E-state index contributed by atoms with van der Waals surface area (Å²) in [4.78, 5) is 18.5. The Balaban J connectivity index is 2.29. The van der Waals surface area contributed by atoms with Gasteiger partial charge in [-0.15, -0.1) is 0 Å². The zero-order valence-corrected chi connectivity index (χ0v) is 10.5. The first-order chi connectivity index (χ1) is 8.58. The Hall–Kier alpha value is -2.02. The van der Waals surface area contributed by atoms with Gasteiger partial charge in [-0.2, -0.15) is 0 Å². The number of benzene rings is 1. The molecule has 0 atom stereocenters. The van der Waals surface area contributed by atoms with Gasteiger partial charge in [-0.3, -0.25) is 4.79 Å². The zero-order valence-electron chi connectivity index (χ0n) is 8.93. The second kappa shape index (κ2) is 5.09. The molecule has 1 aromatic carbocycles. The number of halogens is 2. The fraction of sp³-hybridized carbons (Fsp3) is 0. The maximum Gasteiger partial charge on any atom is 0.251 e. The molecule has 0 saturated carbocycles. The average molecular weight is 312 g/mol. The molecule has 2 N–H and O–H groups in total. The molecule has 0 unspecified atom stereocenters. The Labute approximate surface area is 110 Å². The molecular weight excluding hydrogens is 305 g/mol. The van der Waals surface area contributed by atoms with E-state index in [0.717, 1.165) is 6.07 Å². The Morgan fingerprint density at radius 2 is 2.22 bits per heavy atom. The minimum Gasteiger partial charge on any atom is -0.438 e. The molecule has 0 radical (unpaired) electrons. The summed E-state index contributed by atoms with van der Waals surface area (Å²) in [5, 5.41) is 0. The lowest BCUT2D eigenvalue weighted by Gasteiger charge is -2.06. The Bertz CT molecular complexity index is 607. The Morgan fingerprint density at radius 3 is 2.83 bits per heavy atom. The monoisotopic (exact) mass is 311 g/mol. The summed E-state index contributed by atoms with van der Waals surface area (Å²) in [7, 11) is 0. The van der Waals surface area contributed by atoms with Crippen molar-refractivity contribution in [1.29, 1.82) is 0 Å². The molecule has 7 heteroatoms. The SMILES string of the molecule is NC(=O)c1ccc(Oc2ncncc2Br)cc1F. The van der Waals surface area contributed by atoms with E-state index < -0.39 is 11.7 Å².